The van der Waals surface area contributed by atoms with E-state index in [1.807, 2.05) is 6.92 Å². The molecule has 1 heterocycles. The lowest BCUT2D eigenvalue weighted by molar-refractivity contribution is 0.376. The summed E-state index contributed by atoms with van der Waals surface area (Å²) in [5.41, 5.74) is 0. The first-order chi connectivity index (χ1) is 5.36. The number of hydrogen-bond donors (Lipinski definition) is 0. The molecule has 0 radical (unpaired) electrons. The van der Waals surface area contributed by atoms with E-state index in [9.17, 15) is 0 Å². The largest absolute Gasteiger partial charge is 0.339 e. The molecule has 1 aromatic heterocycles. The SMILES string of the molecule is C#CCCc1noc(CC)n1. The van der Waals surface area contributed by atoms with Crippen LogP contribution in [0.5, 0.6) is 0 Å². The van der Waals surface area contributed by atoms with Crippen molar-refractivity contribution in [2.45, 2.75) is 26.2 Å². The Morgan fingerprint density at radius 1 is 1.64 bits per heavy atom. The molecule has 0 aliphatic rings. The van der Waals surface area contributed by atoms with Gasteiger partial charge in [-0.15, -0.1) is 12.3 Å². The molecule has 0 aliphatic carbocycles. The molecule has 0 saturated heterocycles. The van der Waals surface area contributed by atoms with E-state index in [1.165, 1.54) is 0 Å². The van der Waals surface area contributed by atoms with Crippen molar-refractivity contribution in [1.82, 2.24) is 10.1 Å². The molecule has 0 saturated carbocycles. The fourth-order valence-corrected chi connectivity index (χ4v) is 0.719. The van der Waals surface area contributed by atoms with E-state index in [0.29, 0.717) is 24.6 Å². The molecule has 0 bridgehead atoms. The minimum Gasteiger partial charge on any atom is -0.339 e. The molecule has 3 nitrogen and oxygen atoms in total. The van der Waals surface area contributed by atoms with E-state index >= 15 is 0 Å². The number of hydrogen-bond acceptors (Lipinski definition) is 3. The summed E-state index contributed by atoms with van der Waals surface area (Å²) in [6, 6.07) is 0. The fraction of sp³-hybridized carbons (Fsp3) is 0.500. The third-order valence-electron chi connectivity index (χ3n) is 1.31. The Hall–Kier alpha value is -1.30. The molecular formula is C8H10N2O. The summed E-state index contributed by atoms with van der Waals surface area (Å²) in [6.45, 7) is 1.97. The van der Waals surface area contributed by atoms with E-state index in [-0.39, 0.29) is 0 Å². The topological polar surface area (TPSA) is 38.9 Å². The molecule has 0 fully saturated rings. The predicted octanol–water partition coefficient (Wildman–Crippen LogP) is 1.20. The van der Waals surface area contributed by atoms with Crippen LogP contribution in [0.25, 0.3) is 0 Å². The first kappa shape index (κ1) is 7.80. The number of rotatable bonds is 3. The van der Waals surface area contributed by atoms with Crippen LogP contribution in [0.1, 0.15) is 25.1 Å². The summed E-state index contributed by atoms with van der Waals surface area (Å²) < 4.78 is 4.88. The van der Waals surface area contributed by atoms with Gasteiger partial charge in [0.25, 0.3) is 0 Å². The number of nitrogens with zero attached hydrogens (tertiary/aromatic N) is 2. The number of terminal acetylenes is 1. The zero-order valence-electron chi connectivity index (χ0n) is 6.50. The van der Waals surface area contributed by atoms with Crippen molar-refractivity contribution >= 4 is 0 Å². The molecule has 0 unspecified atom stereocenters. The molecule has 1 rings (SSSR count). The maximum absolute atomic E-state index is 5.08. The second-order valence-corrected chi connectivity index (χ2v) is 2.16. The van der Waals surface area contributed by atoms with E-state index < -0.39 is 0 Å². The lowest BCUT2D eigenvalue weighted by Gasteiger charge is -1.82. The van der Waals surface area contributed by atoms with E-state index in [1.54, 1.807) is 0 Å². The summed E-state index contributed by atoms with van der Waals surface area (Å²) in [7, 11) is 0. The monoisotopic (exact) mass is 150 g/mol. The first-order valence-electron chi connectivity index (χ1n) is 3.61. The maximum atomic E-state index is 5.08. The van der Waals surface area contributed by atoms with Gasteiger partial charge in [0.05, 0.1) is 0 Å². The van der Waals surface area contributed by atoms with E-state index in [2.05, 4.69) is 16.1 Å². The standard InChI is InChI=1S/C8H10N2O/c1-3-5-6-7-9-8(4-2)11-10-7/h1H,4-6H2,2H3. The van der Waals surface area contributed by atoms with Gasteiger partial charge >= 0.3 is 0 Å². The van der Waals surface area contributed by atoms with Crippen molar-refractivity contribution in [3.63, 3.8) is 0 Å². The quantitative estimate of drug-likeness (QED) is 0.608. The zero-order chi connectivity index (χ0) is 8.10. The molecule has 3 heteroatoms. The van der Waals surface area contributed by atoms with Crippen LogP contribution in [-0.2, 0) is 12.8 Å². The lowest BCUT2D eigenvalue weighted by atomic mass is 10.3. The lowest BCUT2D eigenvalue weighted by Crippen LogP contribution is -1.86. The molecule has 0 aromatic carbocycles. The number of aromatic nitrogens is 2. The minimum atomic E-state index is 0.669. The van der Waals surface area contributed by atoms with Crippen molar-refractivity contribution in [2.75, 3.05) is 0 Å². The third-order valence-corrected chi connectivity index (χ3v) is 1.31. The maximum Gasteiger partial charge on any atom is 0.226 e. The molecule has 0 spiro atoms. The average Bonchev–Trinajstić information content (AvgIpc) is 2.48. The van der Waals surface area contributed by atoms with Gasteiger partial charge in [0, 0.05) is 19.3 Å². The highest BCUT2D eigenvalue weighted by molar-refractivity contribution is 4.92. The fourth-order valence-electron chi connectivity index (χ4n) is 0.719. The highest BCUT2D eigenvalue weighted by atomic mass is 16.5. The molecule has 0 aliphatic heterocycles. The Labute approximate surface area is 65.8 Å². The van der Waals surface area contributed by atoms with Gasteiger partial charge in [0.1, 0.15) is 0 Å². The van der Waals surface area contributed by atoms with Gasteiger partial charge in [-0.3, -0.25) is 0 Å². The Balaban J connectivity index is 2.53. The van der Waals surface area contributed by atoms with Crippen LogP contribution in [0.15, 0.2) is 4.52 Å². The molecule has 58 valence electrons. The second kappa shape index (κ2) is 3.77. The van der Waals surface area contributed by atoms with Crippen LogP contribution in [0.4, 0.5) is 0 Å². The van der Waals surface area contributed by atoms with Gasteiger partial charge in [-0.1, -0.05) is 12.1 Å². The van der Waals surface area contributed by atoms with Crippen molar-refractivity contribution in [3.05, 3.63) is 11.7 Å². The molecule has 0 atom stereocenters. The van der Waals surface area contributed by atoms with Crippen molar-refractivity contribution < 1.29 is 4.52 Å². The molecular weight excluding hydrogens is 140 g/mol. The smallest absolute Gasteiger partial charge is 0.226 e. The Morgan fingerprint density at radius 3 is 3.00 bits per heavy atom. The van der Waals surface area contributed by atoms with Gasteiger partial charge in [-0.2, -0.15) is 4.98 Å². The van der Waals surface area contributed by atoms with Crippen molar-refractivity contribution in [3.8, 4) is 12.3 Å². The molecule has 0 N–H and O–H groups in total. The minimum absolute atomic E-state index is 0.669. The second-order valence-electron chi connectivity index (χ2n) is 2.16. The van der Waals surface area contributed by atoms with Crippen LogP contribution in [-0.4, -0.2) is 10.1 Å². The van der Waals surface area contributed by atoms with Crippen molar-refractivity contribution in [1.29, 1.82) is 0 Å². The Morgan fingerprint density at radius 2 is 2.45 bits per heavy atom. The normalized spacial score (nSPS) is 9.45. The Kier molecular flexibility index (Phi) is 2.67. The third kappa shape index (κ3) is 2.08. The van der Waals surface area contributed by atoms with Crippen LogP contribution in [0.3, 0.4) is 0 Å². The molecule has 11 heavy (non-hydrogen) atoms. The summed E-state index contributed by atoms with van der Waals surface area (Å²) in [5.74, 6) is 3.91. The predicted molar refractivity (Wildman–Crippen MR) is 40.8 cm³/mol. The Bertz CT molecular complexity index is 259. The van der Waals surface area contributed by atoms with Crippen LogP contribution >= 0.6 is 0 Å². The summed E-state index contributed by atoms with van der Waals surface area (Å²) >= 11 is 0. The van der Waals surface area contributed by atoms with Gasteiger partial charge in [-0.25, -0.2) is 0 Å². The zero-order valence-corrected chi connectivity index (χ0v) is 6.50. The first-order valence-corrected chi connectivity index (χ1v) is 3.61. The highest BCUT2D eigenvalue weighted by Gasteiger charge is 2.01. The average molecular weight is 150 g/mol. The van der Waals surface area contributed by atoms with Crippen LogP contribution in [0.2, 0.25) is 0 Å². The summed E-state index contributed by atoms with van der Waals surface area (Å²) in [6.07, 6.45) is 7.24. The van der Waals surface area contributed by atoms with Gasteiger partial charge < -0.3 is 4.52 Å². The summed E-state index contributed by atoms with van der Waals surface area (Å²) in [4.78, 5) is 4.09. The summed E-state index contributed by atoms with van der Waals surface area (Å²) in [5, 5.41) is 3.74. The molecule has 1 aromatic rings. The van der Waals surface area contributed by atoms with Crippen LogP contribution in [0, 0.1) is 12.3 Å². The van der Waals surface area contributed by atoms with Gasteiger partial charge in [0.15, 0.2) is 5.82 Å². The van der Waals surface area contributed by atoms with E-state index in [4.69, 9.17) is 10.9 Å². The number of aryl methyl sites for hydroxylation is 2. The van der Waals surface area contributed by atoms with Gasteiger partial charge in [-0.05, 0) is 0 Å². The van der Waals surface area contributed by atoms with E-state index in [0.717, 1.165) is 6.42 Å². The highest BCUT2D eigenvalue weighted by Crippen LogP contribution is 1.99. The van der Waals surface area contributed by atoms with Crippen molar-refractivity contribution in [2.24, 2.45) is 0 Å². The molecule has 0 amide bonds. The van der Waals surface area contributed by atoms with Gasteiger partial charge in [0.2, 0.25) is 5.89 Å². The van der Waals surface area contributed by atoms with Crippen LogP contribution < -0.4 is 0 Å².